The molecule has 0 N–H and O–H groups in total. The standard InChI is InChI=1S/C37H58O5Si2/c1-28(22-23-31-24-34(29(2)25-38)40-27-39-31)35(42-43(10,11)36(4,5)6)30(3)26-41-44(37(7,8)9,32-18-14-12-15-19-32)33-20-16-13-17-21-33/h12-23,25,28-31,34-35H,24,26-27H2,1-11H3/b23-22-/t28-,29-,30-,31-,34+,35-/m0/s1. The second-order valence-electron chi connectivity index (χ2n) is 15.3. The van der Waals surface area contributed by atoms with Gasteiger partial charge in [0.2, 0.25) is 0 Å². The van der Waals surface area contributed by atoms with Crippen molar-refractivity contribution in [1.82, 2.24) is 0 Å². The minimum absolute atomic E-state index is 0.0325. The average molecular weight is 639 g/mol. The highest BCUT2D eigenvalue weighted by Gasteiger charge is 2.51. The lowest BCUT2D eigenvalue weighted by atomic mass is 9.92. The van der Waals surface area contributed by atoms with Gasteiger partial charge >= 0.3 is 0 Å². The van der Waals surface area contributed by atoms with E-state index in [1.165, 1.54) is 10.4 Å². The highest BCUT2D eigenvalue weighted by molar-refractivity contribution is 6.99. The Kier molecular flexibility index (Phi) is 12.6. The minimum atomic E-state index is -2.68. The van der Waals surface area contributed by atoms with Crippen LogP contribution in [0.25, 0.3) is 0 Å². The molecular weight excluding hydrogens is 581 g/mol. The van der Waals surface area contributed by atoms with Crippen LogP contribution >= 0.6 is 0 Å². The zero-order valence-corrected chi connectivity index (χ0v) is 31.1. The van der Waals surface area contributed by atoms with Gasteiger partial charge in [-0.3, -0.25) is 0 Å². The summed E-state index contributed by atoms with van der Waals surface area (Å²) < 4.78 is 26.2. The summed E-state index contributed by atoms with van der Waals surface area (Å²) in [5, 5.41) is 2.56. The molecule has 0 radical (unpaired) electrons. The van der Waals surface area contributed by atoms with Gasteiger partial charge in [0.15, 0.2) is 8.32 Å². The number of carbonyl (C=O) groups is 1. The molecule has 2 aromatic rings. The average Bonchev–Trinajstić information content (AvgIpc) is 2.98. The molecule has 2 aromatic carbocycles. The van der Waals surface area contributed by atoms with Crippen molar-refractivity contribution in [1.29, 1.82) is 0 Å². The van der Waals surface area contributed by atoms with Crippen molar-refractivity contribution in [3.63, 3.8) is 0 Å². The summed E-state index contributed by atoms with van der Waals surface area (Å²) in [7, 11) is -4.78. The van der Waals surface area contributed by atoms with Gasteiger partial charge in [-0.2, -0.15) is 0 Å². The highest BCUT2D eigenvalue weighted by Crippen LogP contribution is 2.41. The van der Waals surface area contributed by atoms with Gasteiger partial charge in [-0.15, -0.1) is 0 Å². The molecule has 44 heavy (non-hydrogen) atoms. The van der Waals surface area contributed by atoms with Crippen LogP contribution in [0.3, 0.4) is 0 Å². The zero-order valence-electron chi connectivity index (χ0n) is 29.1. The van der Waals surface area contributed by atoms with E-state index in [2.05, 4.69) is 141 Å². The van der Waals surface area contributed by atoms with Crippen LogP contribution < -0.4 is 10.4 Å². The predicted octanol–water partition coefficient (Wildman–Crippen LogP) is 7.75. The van der Waals surface area contributed by atoms with Gasteiger partial charge in [0.25, 0.3) is 8.32 Å². The fraction of sp³-hybridized carbons (Fsp3) is 0.595. The molecule has 0 bridgehead atoms. The van der Waals surface area contributed by atoms with Crippen LogP contribution in [-0.2, 0) is 23.1 Å². The Balaban J connectivity index is 1.94. The van der Waals surface area contributed by atoms with Gasteiger partial charge < -0.3 is 23.1 Å². The van der Waals surface area contributed by atoms with E-state index in [1.807, 2.05) is 6.92 Å². The third kappa shape index (κ3) is 8.68. The Labute approximate surface area is 270 Å². The van der Waals surface area contributed by atoms with E-state index in [0.29, 0.717) is 13.0 Å². The van der Waals surface area contributed by atoms with Crippen molar-refractivity contribution in [2.45, 2.75) is 110 Å². The number of ether oxygens (including phenoxy) is 2. The zero-order chi connectivity index (χ0) is 32.8. The molecule has 6 atom stereocenters. The van der Waals surface area contributed by atoms with Crippen molar-refractivity contribution in [3.05, 3.63) is 72.8 Å². The monoisotopic (exact) mass is 638 g/mol. The number of rotatable bonds is 13. The Hall–Kier alpha value is -1.88. The van der Waals surface area contributed by atoms with Crippen LogP contribution in [0.5, 0.6) is 0 Å². The second kappa shape index (κ2) is 15.1. The van der Waals surface area contributed by atoms with E-state index in [4.69, 9.17) is 18.3 Å². The second-order valence-corrected chi connectivity index (χ2v) is 24.4. The number of benzene rings is 2. The maximum absolute atomic E-state index is 11.4. The SMILES string of the molecule is C[C@@H](C=O)[C@H]1C[C@H](/C=C\[C@H](C)[C@H](O[Si](C)(C)C(C)(C)C)[C@@H](C)CO[Si](c2ccccc2)(c2ccccc2)C(C)(C)C)OCO1. The largest absolute Gasteiger partial charge is 0.413 e. The molecule has 0 aromatic heterocycles. The van der Waals surface area contributed by atoms with Crippen molar-refractivity contribution >= 4 is 33.3 Å². The Bertz CT molecular complexity index is 1150. The molecule has 0 amide bonds. The van der Waals surface area contributed by atoms with Crippen LogP contribution in [-0.4, -0.2) is 54.6 Å². The first-order chi connectivity index (χ1) is 20.5. The summed E-state index contributed by atoms with van der Waals surface area (Å²) in [6.45, 7) is 25.8. The first-order valence-electron chi connectivity index (χ1n) is 16.3. The van der Waals surface area contributed by atoms with Crippen LogP contribution in [0, 0.1) is 17.8 Å². The van der Waals surface area contributed by atoms with E-state index >= 15 is 0 Å². The van der Waals surface area contributed by atoms with Gasteiger partial charge in [-0.05, 0) is 39.5 Å². The Morgan fingerprint density at radius 1 is 0.864 bits per heavy atom. The van der Waals surface area contributed by atoms with Gasteiger partial charge in [0.1, 0.15) is 13.1 Å². The fourth-order valence-electron chi connectivity index (χ4n) is 5.95. The topological polar surface area (TPSA) is 54.0 Å². The normalized spacial score (nSPS) is 21.5. The quantitative estimate of drug-likeness (QED) is 0.128. The molecule has 1 aliphatic rings. The lowest BCUT2D eigenvalue weighted by molar-refractivity contribution is -0.174. The van der Waals surface area contributed by atoms with Crippen molar-refractivity contribution in [3.8, 4) is 0 Å². The summed E-state index contributed by atoms with van der Waals surface area (Å²) >= 11 is 0. The number of hydrogen-bond donors (Lipinski definition) is 0. The van der Waals surface area contributed by atoms with Crippen LogP contribution in [0.1, 0.15) is 68.7 Å². The molecule has 1 saturated heterocycles. The Morgan fingerprint density at radius 2 is 1.41 bits per heavy atom. The maximum Gasteiger partial charge on any atom is 0.261 e. The lowest BCUT2D eigenvalue weighted by Gasteiger charge is -2.45. The van der Waals surface area contributed by atoms with Gasteiger partial charge in [0.05, 0.1) is 18.3 Å². The molecule has 1 heterocycles. The molecule has 3 rings (SSSR count). The summed E-state index contributed by atoms with van der Waals surface area (Å²) in [6, 6.07) is 21.7. The van der Waals surface area contributed by atoms with Crippen LogP contribution in [0.2, 0.25) is 23.2 Å². The van der Waals surface area contributed by atoms with Crippen molar-refractivity contribution < 1.29 is 23.1 Å². The summed E-state index contributed by atoms with van der Waals surface area (Å²) in [4.78, 5) is 11.4. The van der Waals surface area contributed by atoms with E-state index < -0.39 is 16.6 Å². The first-order valence-corrected chi connectivity index (χ1v) is 21.1. The minimum Gasteiger partial charge on any atom is -0.413 e. The Morgan fingerprint density at radius 3 is 1.89 bits per heavy atom. The van der Waals surface area contributed by atoms with E-state index in [0.717, 1.165) is 6.29 Å². The van der Waals surface area contributed by atoms with Crippen LogP contribution in [0.15, 0.2) is 72.8 Å². The molecule has 0 unspecified atom stereocenters. The van der Waals surface area contributed by atoms with Gasteiger partial charge in [-0.25, -0.2) is 0 Å². The van der Waals surface area contributed by atoms with Gasteiger partial charge in [0, 0.05) is 24.9 Å². The number of aldehydes is 1. The van der Waals surface area contributed by atoms with Crippen molar-refractivity contribution in [2.24, 2.45) is 17.8 Å². The third-order valence-corrected chi connectivity index (χ3v) is 19.2. The third-order valence-electron chi connectivity index (χ3n) is 9.75. The molecule has 7 heteroatoms. The van der Waals surface area contributed by atoms with Gasteiger partial charge in [-0.1, -0.05) is 135 Å². The van der Waals surface area contributed by atoms with E-state index in [-0.39, 0.29) is 52.9 Å². The molecule has 0 aliphatic carbocycles. The maximum atomic E-state index is 11.4. The first kappa shape index (κ1) is 36.6. The molecule has 0 spiro atoms. The molecule has 1 fully saturated rings. The molecule has 5 nitrogen and oxygen atoms in total. The van der Waals surface area contributed by atoms with Crippen LogP contribution in [0.4, 0.5) is 0 Å². The van der Waals surface area contributed by atoms with E-state index in [9.17, 15) is 4.79 Å². The predicted molar refractivity (Wildman–Crippen MR) is 188 cm³/mol. The number of hydrogen-bond acceptors (Lipinski definition) is 5. The highest BCUT2D eigenvalue weighted by atomic mass is 28.4. The molecule has 1 aliphatic heterocycles. The lowest BCUT2D eigenvalue weighted by Crippen LogP contribution is -2.67. The van der Waals surface area contributed by atoms with E-state index in [1.54, 1.807) is 0 Å². The summed E-state index contributed by atoms with van der Waals surface area (Å²) in [6.07, 6.45) is 5.79. The summed E-state index contributed by atoms with van der Waals surface area (Å²) in [5.41, 5.74) is 0. The molecule has 244 valence electrons. The smallest absolute Gasteiger partial charge is 0.261 e. The molecule has 0 saturated carbocycles. The number of carbonyl (C=O) groups excluding carboxylic acids is 1. The fourth-order valence-corrected chi connectivity index (χ4v) is 12.1. The van der Waals surface area contributed by atoms with Crippen molar-refractivity contribution in [2.75, 3.05) is 13.4 Å². The summed E-state index contributed by atoms with van der Waals surface area (Å²) in [5.74, 6) is 0.125. The molecular formula is C37H58O5Si2.